The van der Waals surface area contributed by atoms with Crippen LogP contribution >= 0.6 is 0 Å². The number of nitrogens with one attached hydrogen (secondary N) is 3. The molecule has 1 aromatic carbocycles. The van der Waals surface area contributed by atoms with Gasteiger partial charge in [0.1, 0.15) is 53.7 Å². The van der Waals surface area contributed by atoms with Gasteiger partial charge in [0, 0.05) is 33.6 Å². The van der Waals surface area contributed by atoms with Gasteiger partial charge >= 0.3 is 18.0 Å². The van der Waals surface area contributed by atoms with Crippen LogP contribution in [0.25, 0.3) is 0 Å². The maximum absolute atomic E-state index is 15.1. The summed E-state index contributed by atoms with van der Waals surface area (Å²) in [6.45, 7) is 22.1. The monoisotopic (exact) mass is 1140 g/mol. The van der Waals surface area contributed by atoms with Gasteiger partial charge in [-0.1, -0.05) is 86.1 Å². The number of esters is 2. The molecule has 7 amide bonds. The molecule has 12 atom stereocenters. The molecule has 1 aromatic rings. The number of amides is 7. The third kappa shape index (κ3) is 18.0. The number of ketones is 1. The second kappa shape index (κ2) is 29.4. The van der Waals surface area contributed by atoms with E-state index in [1.807, 2.05) is 27.7 Å². The van der Waals surface area contributed by atoms with E-state index in [0.717, 1.165) is 0 Å². The minimum atomic E-state index is -1.77. The number of carbonyl (C=O) groups excluding carboxylic acids is 10. The maximum atomic E-state index is 15.1. The molecule has 81 heavy (non-hydrogen) atoms. The molecule has 22 nitrogen and oxygen atoms in total. The molecule has 2 saturated heterocycles. The van der Waals surface area contributed by atoms with Crippen LogP contribution in [0.15, 0.2) is 36.4 Å². The first-order valence-corrected chi connectivity index (χ1v) is 28.5. The Bertz CT molecular complexity index is 2440. The Kier molecular flexibility index (Phi) is 24.3. The molecule has 0 bridgehead atoms. The van der Waals surface area contributed by atoms with E-state index >= 15 is 4.79 Å². The largest absolute Gasteiger partial charge is 0.497 e. The number of aliphatic hydroxyl groups is 1. The molecule has 4 rings (SSSR count). The van der Waals surface area contributed by atoms with E-state index in [1.165, 1.54) is 60.7 Å². The van der Waals surface area contributed by atoms with E-state index in [0.29, 0.717) is 24.2 Å². The molecule has 0 unspecified atom stereocenters. The van der Waals surface area contributed by atoms with Crippen LogP contribution in [0, 0.1) is 29.6 Å². The van der Waals surface area contributed by atoms with E-state index in [-0.39, 0.29) is 50.6 Å². The van der Waals surface area contributed by atoms with Gasteiger partial charge in [-0.25, -0.2) is 9.59 Å². The Morgan fingerprint density at radius 3 is 2.11 bits per heavy atom. The van der Waals surface area contributed by atoms with Crippen molar-refractivity contribution in [2.24, 2.45) is 29.6 Å². The number of hydrogen-bond donors (Lipinski definition) is 4. The van der Waals surface area contributed by atoms with Crippen molar-refractivity contribution in [3.63, 3.8) is 0 Å². The summed E-state index contributed by atoms with van der Waals surface area (Å²) in [6.07, 6.45) is -1.95. The molecule has 3 aliphatic rings. The van der Waals surface area contributed by atoms with Crippen molar-refractivity contribution in [1.29, 1.82) is 0 Å². The van der Waals surface area contributed by atoms with Crippen molar-refractivity contribution in [3.05, 3.63) is 42.0 Å². The molecule has 452 valence electrons. The van der Waals surface area contributed by atoms with Crippen LogP contribution in [0.5, 0.6) is 5.75 Å². The number of carbonyl (C=O) groups is 10. The van der Waals surface area contributed by atoms with Gasteiger partial charge in [0.2, 0.25) is 35.4 Å². The lowest BCUT2D eigenvalue weighted by Gasteiger charge is -2.36. The fourth-order valence-electron chi connectivity index (χ4n) is 10.2. The lowest BCUT2D eigenvalue weighted by molar-refractivity contribution is -0.163. The number of methoxy groups -OCH3 is 1. The first-order valence-electron chi connectivity index (χ1n) is 28.5. The molecule has 3 aliphatic heterocycles. The molecule has 3 heterocycles. The summed E-state index contributed by atoms with van der Waals surface area (Å²) in [6, 6.07) is -2.36. The molecule has 2 fully saturated rings. The number of aliphatic hydroxyl groups excluding tert-OH is 1. The number of likely N-dealkylation sites (N-methyl/N-ethyl adjacent to an activating group) is 2. The van der Waals surface area contributed by atoms with Crippen molar-refractivity contribution in [1.82, 2.24) is 35.6 Å². The predicted molar refractivity (Wildman–Crippen MR) is 300 cm³/mol. The first kappa shape index (κ1) is 66.9. The molecule has 0 radical (unpaired) electrons. The number of fused-ring (bicyclic) bond motifs is 1. The minimum Gasteiger partial charge on any atom is -0.497 e. The van der Waals surface area contributed by atoms with Crippen molar-refractivity contribution >= 4 is 59.3 Å². The van der Waals surface area contributed by atoms with Gasteiger partial charge in [0.25, 0.3) is 0 Å². The summed E-state index contributed by atoms with van der Waals surface area (Å²) in [5.74, 6) is -9.68. The Labute approximate surface area is 478 Å². The van der Waals surface area contributed by atoms with Crippen molar-refractivity contribution in [2.45, 2.75) is 201 Å². The van der Waals surface area contributed by atoms with Crippen molar-refractivity contribution in [2.75, 3.05) is 34.3 Å². The summed E-state index contributed by atoms with van der Waals surface area (Å²) in [5, 5.41) is 20.1. The molecule has 4 N–H and O–H groups in total. The highest BCUT2D eigenvalue weighted by Gasteiger charge is 2.46. The summed E-state index contributed by atoms with van der Waals surface area (Å²) >= 11 is 0. The van der Waals surface area contributed by atoms with Crippen LogP contribution in [-0.2, 0) is 63.8 Å². The SMILES string of the molecule is CC[C@H](C)[C@H]1NC(=O)[C@@H](NC(=O)[C@@H](CC(C)C)N(C)C(=O)[C@@H]2C=CCN2C(=O)OC(C)(C)C)[C@@H](C)OC(=O)[C@H](Cc2ccc(OC)cc2)N(C)C(=O)[C@@H]2CCCN2C(=O)[C@H](CC(C)C)NC(=O)[C@@H](C)C(=O)[C@H](C(C)C)OC(=O)C[C@@H]1O. The van der Waals surface area contributed by atoms with Gasteiger partial charge in [0.05, 0.1) is 31.6 Å². The van der Waals surface area contributed by atoms with E-state index in [1.54, 1.807) is 78.8 Å². The van der Waals surface area contributed by atoms with Gasteiger partial charge in [-0.2, -0.15) is 0 Å². The van der Waals surface area contributed by atoms with Gasteiger partial charge in [0.15, 0.2) is 11.9 Å². The quantitative estimate of drug-likeness (QED) is 0.0883. The average molecular weight is 1140 g/mol. The normalized spacial score (nSPS) is 26.9. The van der Waals surface area contributed by atoms with Crippen LogP contribution in [0.1, 0.15) is 134 Å². The second-order valence-electron chi connectivity index (χ2n) is 24.1. The fourth-order valence-corrected chi connectivity index (χ4v) is 10.2. The molecule has 0 aliphatic carbocycles. The third-order valence-corrected chi connectivity index (χ3v) is 15.1. The first-order chi connectivity index (χ1) is 37.8. The molecular weight excluding hydrogens is 1050 g/mol. The van der Waals surface area contributed by atoms with Crippen molar-refractivity contribution in [3.8, 4) is 5.75 Å². The van der Waals surface area contributed by atoms with Crippen molar-refractivity contribution < 1.29 is 72.0 Å². The highest BCUT2D eigenvalue weighted by molar-refractivity contribution is 6.05. The summed E-state index contributed by atoms with van der Waals surface area (Å²) in [7, 11) is 4.29. The zero-order valence-corrected chi connectivity index (χ0v) is 50.4. The zero-order valence-electron chi connectivity index (χ0n) is 50.4. The van der Waals surface area contributed by atoms with E-state index in [4.69, 9.17) is 18.9 Å². The van der Waals surface area contributed by atoms with E-state index in [2.05, 4.69) is 16.0 Å². The van der Waals surface area contributed by atoms with E-state index < -0.39 is 150 Å². The molecule has 0 aromatic heterocycles. The molecule has 0 saturated carbocycles. The van der Waals surface area contributed by atoms with Gasteiger partial charge in [-0.3, -0.25) is 43.3 Å². The Hall–Kier alpha value is -6.58. The smallest absolute Gasteiger partial charge is 0.411 e. The van der Waals surface area contributed by atoms with E-state index in [9.17, 15) is 48.3 Å². The minimum absolute atomic E-state index is 0.0639. The number of hydrogen-bond acceptors (Lipinski definition) is 15. The third-order valence-electron chi connectivity index (χ3n) is 15.1. The number of Topliss-reactive ketones (excluding diaryl/α,β-unsaturated/α-hetero) is 1. The van der Waals surface area contributed by atoms with Gasteiger partial charge in [-0.15, -0.1) is 0 Å². The van der Waals surface area contributed by atoms with Crippen LogP contribution < -0.4 is 20.7 Å². The Morgan fingerprint density at radius 2 is 1.54 bits per heavy atom. The number of benzene rings is 1. The predicted octanol–water partition coefficient (Wildman–Crippen LogP) is 4.12. The standard InChI is InChI=1S/C59H91N7O15/c1-17-35(8)47-45(67)31-46(68)80-50(34(6)7)49(69)36(9)51(70)60-40(28-32(2)3)54(73)65-26-18-20-41(65)55(74)64(15)44(30-38-22-24-39(78-16)25-23-38)57(76)79-37(10)48(53(72)61-47)62-52(71)43(29-33(4)5)63(14)56(75)42-21-19-27-66(42)58(77)81-59(11,12)13/h19,21-25,32-37,40-45,47-48,50,67H,17-18,20,26-31H2,1-16H3,(H,60,70)(H,61,72)(H,62,71)/t35-,36-,37+,40-,41-,42-,43+,44-,45-,47+,48-,50-/m0/s1. The molecule has 22 heteroatoms. The second-order valence-corrected chi connectivity index (χ2v) is 24.1. The summed E-state index contributed by atoms with van der Waals surface area (Å²) in [5.41, 5.74) is -0.303. The van der Waals surface area contributed by atoms with Gasteiger partial charge < -0.3 is 54.7 Å². The zero-order chi connectivity index (χ0) is 61.0. The van der Waals surface area contributed by atoms with Crippen LogP contribution in [0.2, 0.25) is 0 Å². The average Bonchev–Trinajstić information content (AvgIpc) is 4.11. The summed E-state index contributed by atoms with van der Waals surface area (Å²) < 4.78 is 22.8. The number of rotatable bonds is 14. The highest BCUT2D eigenvalue weighted by Crippen LogP contribution is 2.27. The molecular formula is C59H91N7O15. The molecule has 0 spiro atoms. The number of nitrogens with zero attached hydrogens (tertiary/aromatic N) is 4. The Morgan fingerprint density at radius 1 is 0.901 bits per heavy atom. The fraction of sp³-hybridized carbons (Fsp3) is 0.695. The topological polar surface area (TPSA) is 277 Å². The lowest BCUT2D eigenvalue weighted by atomic mass is 9.91. The number of cyclic esters (lactones) is 2. The highest BCUT2D eigenvalue weighted by atomic mass is 16.6. The van der Waals surface area contributed by atoms with Crippen LogP contribution in [-0.4, -0.2) is 184 Å². The number of ether oxygens (including phenoxy) is 4. The maximum Gasteiger partial charge on any atom is 0.411 e. The Balaban J connectivity index is 1.88. The van der Waals surface area contributed by atoms with Crippen LogP contribution in [0.4, 0.5) is 4.79 Å². The van der Waals surface area contributed by atoms with Crippen LogP contribution in [0.3, 0.4) is 0 Å². The van der Waals surface area contributed by atoms with Gasteiger partial charge in [-0.05, 0) is 102 Å². The summed E-state index contributed by atoms with van der Waals surface area (Å²) in [4.78, 5) is 149. The lowest BCUT2D eigenvalue weighted by Crippen LogP contribution is -2.62.